The predicted molar refractivity (Wildman–Crippen MR) is 151 cm³/mol. The van der Waals surface area contributed by atoms with Crippen molar-refractivity contribution in [3.05, 3.63) is 39.3 Å². The van der Waals surface area contributed by atoms with Gasteiger partial charge in [-0.2, -0.15) is 17.8 Å². The van der Waals surface area contributed by atoms with Crippen molar-refractivity contribution < 1.29 is 37.3 Å². The first-order valence-corrected chi connectivity index (χ1v) is 14.4. The summed E-state index contributed by atoms with van der Waals surface area (Å²) in [4.78, 5) is 43.8. The number of pyridine rings is 1. The van der Waals surface area contributed by atoms with Gasteiger partial charge >= 0.3 is 12.1 Å². The molecule has 230 valence electrons. The van der Waals surface area contributed by atoms with Crippen LogP contribution in [0.4, 0.5) is 13.2 Å². The highest BCUT2D eigenvalue weighted by atomic mass is 35.5. The van der Waals surface area contributed by atoms with Gasteiger partial charge in [-0.05, 0) is 31.1 Å². The lowest BCUT2D eigenvalue weighted by Gasteiger charge is -2.56. The van der Waals surface area contributed by atoms with Crippen molar-refractivity contribution in [2.24, 2.45) is 22.2 Å². The number of quaternary nitrogens is 1. The zero-order valence-electron chi connectivity index (χ0n) is 23.8. The minimum atomic E-state index is -4.93. The number of nitrogens with zero attached hydrogens (tertiary/aromatic N) is 4. The Kier molecular flexibility index (Phi) is 8.62. The van der Waals surface area contributed by atoms with Crippen molar-refractivity contribution in [2.45, 2.75) is 83.1 Å². The van der Waals surface area contributed by atoms with E-state index in [1.54, 1.807) is 0 Å². The largest absolute Gasteiger partial charge is 0.481 e. The van der Waals surface area contributed by atoms with Gasteiger partial charge in [0.15, 0.2) is 5.78 Å². The van der Waals surface area contributed by atoms with E-state index in [0.29, 0.717) is 0 Å². The van der Waals surface area contributed by atoms with E-state index >= 15 is 0 Å². The van der Waals surface area contributed by atoms with Crippen LogP contribution in [0.15, 0.2) is 28.8 Å². The summed E-state index contributed by atoms with van der Waals surface area (Å²) in [5.41, 5.74) is 3.63. The number of ketones is 1. The van der Waals surface area contributed by atoms with Crippen LogP contribution in [0.1, 0.15) is 69.7 Å². The second kappa shape index (κ2) is 11.2. The molecule has 2 fully saturated rings. The summed E-state index contributed by atoms with van der Waals surface area (Å²) >= 11 is 12.3. The fraction of sp³-hybridized carbons (Fsp3) is 0.607. The number of carbonyl (C=O) groups is 3. The third kappa shape index (κ3) is 5.82. The summed E-state index contributed by atoms with van der Waals surface area (Å²) in [6.45, 7) is 5.23. The molecular weight excluding hydrogens is 598 g/mol. The molecule has 42 heavy (non-hydrogen) atoms. The number of carbonyl (C=O) groups excluding carboxylic acids is 2. The first-order valence-electron chi connectivity index (χ1n) is 13.7. The van der Waals surface area contributed by atoms with E-state index in [-0.39, 0.29) is 59.5 Å². The predicted octanol–water partition coefficient (Wildman–Crippen LogP) is 5.21. The van der Waals surface area contributed by atoms with Crippen LogP contribution in [0, 0.1) is 11.3 Å². The summed E-state index contributed by atoms with van der Waals surface area (Å²) in [5.74, 6) is -3.27. The molecule has 0 bridgehead atoms. The van der Waals surface area contributed by atoms with Crippen LogP contribution >= 0.6 is 23.2 Å². The first-order chi connectivity index (χ1) is 19.3. The van der Waals surface area contributed by atoms with Crippen LogP contribution in [0.25, 0.3) is 0 Å². The fourth-order valence-corrected chi connectivity index (χ4v) is 6.83. The van der Waals surface area contributed by atoms with E-state index in [1.807, 2.05) is 20.8 Å². The highest BCUT2D eigenvalue weighted by Crippen LogP contribution is 2.48. The normalized spacial score (nSPS) is 29.8. The molecule has 0 spiro atoms. The van der Waals surface area contributed by atoms with Crippen LogP contribution in [0.2, 0.25) is 10.0 Å². The molecule has 0 aromatic carbocycles. The number of aliphatic carboxylic acids is 1. The minimum Gasteiger partial charge on any atom is -0.481 e. The maximum absolute atomic E-state index is 14.8. The lowest BCUT2D eigenvalue weighted by molar-refractivity contribution is -0.911. The molecule has 14 heteroatoms. The second-order valence-electron chi connectivity index (χ2n) is 12.7. The molecule has 2 heterocycles. The number of alkyl halides is 3. The lowest BCUT2D eigenvalue weighted by atomic mass is 9.59. The lowest BCUT2D eigenvalue weighted by Crippen LogP contribution is -2.67. The molecule has 1 amide bonds. The molecule has 1 atom stereocenters. The van der Waals surface area contributed by atoms with Gasteiger partial charge in [-0.3, -0.25) is 19.4 Å². The number of rotatable bonds is 7. The summed E-state index contributed by atoms with van der Waals surface area (Å²) in [5, 5.41) is 13.4. The smallest absolute Gasteiger partial charge is 0.470 e. The van der Waals surface area contributed by atoms with Gasteiger partial charge in [0.25, 0.3) is 11.6 Å². The molecule has 1 aromatic heterocycles. The van der Waals surface area contributed by atoms with E-state index in [9.17, 15) is 32.7 Å². The summed E-state index contributed by atoms with van der Waals surface area (Å²) in [6, 6.07) is -1.30. The topological polar surface area (TPSA) is 126 Å². The molecule has 3 aliphatic rings. The summed E-state index contributed by atoms with van der Waals surface area (Å²) in [7, 11) is 1.28. The molecule has 0 radical (unpaired) electrons. The third-order valence-electron chi connectivity index (χ3n) is 9.23. The van der Waals surface area contributed by atoms with E-state index in [4.69, 9.17) is 28.9 Å². The molecule has 1 unspecified atom stereocenters. The van der Waals surface area contributed by atoms with E-state index in [1.165, 1.54) is 19.4 Å². The first kappa shape index (κ1) is 32.4. The Morgan fingerprint density at radius 2 is 1.64 bits per heavy atom. The zero-order chi connectivity index (χ0) is 31.4. The Labute approximate surface area is 252 Å². The van der Waals surface area contributed by atoms with Crippen molar-refractivity contribution in [3.8, 4) is 0 Å². The molecule has 9 nitrogen and oxygen atoms in total. The monoisotopic (exact) mass is 632 g/mol. The van der Waals surface area contributed by atoms with Crippen LogP contribution in [-0.2, 0) is 9.59 Å². The van der Waals surface area contributed by atoms with E-state index in [2.05, 4.69) is 10.1 Å². The van der Waals surface area contributed by atoms with Crippen LogP contribution in [0.3, 0.4) is 0 Å². The van der Waals surface area contributed by atoms with Crippen molar-refractivity contribution >= 4 is 47.1 Å². The third-order valence-corrected chi connectivity index (χ3v) is 9.80. The highest BCUT2D eigenvalue weighted by Gasteiger charge is 2.59. The Morgan fingerprint density at radius 1 is 1.10 bits per heavy atom. The van der Waals surface area contributed by atoms with Gasteiger partial charge in [0.05, 0.1) is 35.1 Å². The second-order valence-corrected chi connectivity index (χ2v) is 13.5. The summed E-state index contributed by atoms with van der Waals surface area (Å²) in [6.07, 6.45) is -0.235. The Balaban J connectivity index is 1.72. The SMILES string of the molecule is CC(C)(C)C1(N)CC(N(CC(=O)c2c(Cl)cncc2Cl)C(=O)C2=C(C(F)(F)F)[N+](C)(C3CCC(C(=O)O)CC3)N=C2)C1. The number of aromatic nitrogens is 1. The number of hydrogen-bond donors (Lipinski definition) is 2. The maximum atomic E-state index is 14.8. The number of carboxylic acids is 1. The van der Waals surface area contributed by atoms with Gasteiger partial charge in [0.1, 0.15) is 17.8 Å². The molecule has 2 saturated carbocycles. The average molecular weight is 634 g/mol. The van der Waals surface area contributed by atoms with Crippen molar-refractivity contribution in [3.63, 3.8) is 0 Å². The molecule has 4 rings (SSSR count). The standard InChI is InChI=1S/C28H34Cl2F3N5O4/c1-26(2,3)27(34)9-16(10-27)37(14-21(39)22-19(29)12-35-13-20(22)30)24(40)18-11-36-38(4,23(18)28(31,32)33)17-7-5-15(6-8-17)25(41)42/h11-13,15-17H,5-10,14,34H2,1-4H3/p+1. The van der Waals surface area contributed by atoms with Gasteiger partial charge in [0.2, 0.25) is 0 Å². The minimum absolute atomic E-state index is 0.0461. The van der Waals surface area contributed by atoms with Crippen molar-refractivity contribution in [1.82, 2.24) is 9.88 Å². The number of amides is 1. The average Bonchev–Trinajstić information content (AvgIpc) is 3.23. The quantitative estimate of drug-likeness (QED) is 0.314. The van der Waals surface area contributed by atoms with Crippen LogP contribution < -0.4 is 5.73 Å². The Hall–Kier alpha value is -2.54. The number of Topliss-reactive ketones (excluding diaryl/α,β-unsaturated/α-hetero) is 1. The van der Waals surface area contributed by atoms with Gasteiger partial charge in [0, 0.05) is 36.8 Å². The molecular formula is C28H35Cl2F3N5O4+. The number of halogens is 5. The maximum Gasteiger partial charge on any atom is 0.470 e. The van der Waals surface area contributed by atoms with Crippen molar-refractivity contribution in [1.29, 1.82) is 0 Å². The van der Waals surface area contributed by atoms with Crippen LogP contribution in [0.5, 0.6) is 0 Å². The Bertz CT molecular complexity index is 1330. The van der Waals surface area contributed by atoms with Crippen LogP contribution in [-0.4, -0.2) is 80.8 Å². The van der Waals surface area contributed by atoms with Gasteiger partial charge in [-0.15, -0.1) is 0 Å². The van der Waals surface area contributed by atoms with Gasteiger partial charge in [-0.25, -0.2) is 0 Å². The van der Waals surface area contributed by atoms with Gasteiger partial charge in [-0.1, -0.05) is 49.1 Å². The Morgan fingerprint density at radius 3 is 2.12 bits per heavy atom. The fourth-order valence-electron chi connectivity index (χ4n) is 6.26. The summed E-state index contributed by atoms with van der Waals surface area (Å²) < 4.78 is 43.3. The number of nitrogens with two attached hydrogens (primary N) is 1. The van der Waals surface area contributed by atoms with Gasteiger partial charge < -0.3 is 15.7 Å². The molecule has 0 saturated heterocycles. The van der Waals surface area contributed by atoms with E-state index < -0.39 is 69.8 Å². The van der Waals surface area contributed by atoms with E-state index in [0.717, 1.165) is 11.1 Å². The van der Waals surface area contributed by atoms with Crippen molar-refractivity contribution in [2.75, 3.05) is 13.6 Å². The molecule has 2 aliphatic carbocycles. The number of allylic oxidation sites excluding steroid dienone is 1. The number of carboxylic acid groups (broad SMARTS) is 1. The zero-order valence-corrected chi connectivity index (χ0v) is 25.4. The molecule has 1 aliphatic heterocycles. The highest BCUT2D eigenvalue weighted by molar-refractivity contribution is 6.39. The molecule has 3 N–H and O–H groups in total. The number of hydrogen-bond acceptors (Lipinski definition) is 6. The molecule has 1 aromatic rings.